The second-order valence-electron chi connectivity index (χ2n) is 6.84. The van der Waals surface area contributed by atoms with Gasteiger partial charge in [-0.2, -0.15) is 0 Å². The van der Waals surface area contributed by atoms with Crippen molar-refractivity contribution in [3.63, 3.8) is 0 Å². The van der Waals surface area contributed by atoms with Crippen LogP contribution < -0.4 is 21.7 Å². The van der Waals surface area contributed by atoms with Gasteiger partial charge in [0.2, 0.25) is 0 Å². The molecule has 0 unspecified atom stereocenters. The average molecular weight is 374 g/mol. The first-order valence-electron chi connectivity index (χ1n) is 8.48. The fourth-order valence-electron chi connectivity index (χ4n) is 3.59. The van der Waals surface area contributed by atoms with E-state index in [-0.39, 0.29) is 22.6 Å². The zero-order valence-corrected chi connectivity index (χ0v) is 15.0. The predicted octanol–water partition coefficient (Wildman–Crippen LogP) is 1.58. The number of benzene rings is 2. The number of hydrogen-bond acceptors (Lipinski definition) is 6. The monoisotopic (exact) mass is 374 g/mol. The maximum absolute atomic E-state index is 13.1. The normalized spacial score (nSPS) is 11.4. The second-order valence-corrected chi connectivity index (χ2v) is 6.84. The molecule has 138 valence electrons. The molecule has 2 aromatic rings. The summed E-state index contributed by atoms with van der Waals surface area (Å²) >= 11 is 0. The summed E-state index contributed by atoms with van der Waals surface area (Å²) < 4.78 is 0. The van der Waals surface area contributed by atoms with Crippen LogP contribution in [0.15, 0.2) is 55.6 Å². The van der Waals surface area contributed by atoms with E-state index in [0.717, 1.165) is 12.1 Å². The van der Waals surface area contributed by atoms with Gasteiger partial charge in [0.1, 0.15) is 11.5 Å². The Balaban J connectivity index is 2.23. The summed E-state index contributed by atoms with van der Waals surface area (Å²) in [5.41, 5.74) is -1.73. The highest BCUT2D eigenvalue weighted by molar-refractivity contribution is 5.96. The van der Waals surface area contributed by atoms with Gasteiger partial charge in [0.05, 0.1) is 10.4 Å². The van der Waals surface area contributed by atoms with Gasteiger partial charge < -0.3 is 10.2 Å². The quantitative estimate of drug-likeness (QED) is 0.490. The molecule has 0 spiro atoms. The van der Waals surface area contributed by atoms with Gasteiger partial charge in [-0.25, -0.2) is 0 Å². The molecule has 6 heteroatoms. The standard InChI is InChI=1S/C22H14O6/c1-9-5-12-13(16(24)4-3-15(12)23)7-11(9)14-8-18(26)19-17(25)6-10(2)21(27)20(19)22(14)28/h3-8,23-24H,1-2H3. The molecule has 0 fully saturated rings. The lowest BCUT2D eigenvalue weighted by molar-refractivity contribution is 0.469. The lowest BCUT2D eigenvalue weighted by Crippen LogP contribution is -2.29. The number of hydrogen-bond donors (Lipinski definition) is 2. The van der Waals surface area contributed by atoms with Crippen LogP contribution in [0, 0.1) is 24.3 Å². The maximum atomic E-state index is 13.1. The summed E-state index contributed by atoms with van der Waals surface area (Å²) in [4.78, 5) is 50.2. The average Bonchev–Trinajstić information content (AvgIpc) is 2.64. The molecule has 2 aliphatic carbocycles. The molecule has 2 N–H and O–H groups in total. The van der Waals surface area contributed by atoms with Gasteiger partial charge >= 0.3 is 0 Å². The van der Waals surface area contributed by atoms with Crippen LogP contribution in [0.4, 0.5) is 0 Å². The van der Waals surface area contributed by atoms with E-state index in [9.17, 15) is 29.4 Å². The van der Waals surface area contributed by atoms with Crippen molar-refractivity contribution < 1.29 is 10.2 Å². The van der Waals surface area contributed by atoms with Crippen molar-refractivity contribution in [3.05, 3.63) is 98.9 Å². The van der Waals surface area contributed by atoms with E-state index in [4.69, 9.17) is 0 Å². The van der Waals surface area contributed by atoms with Crippen LogP contribution >= 0.6 is 0 Å². The van der Waals surface area contributed by atoms with E-state index in [2.05, 4.69) is 0 Å². The van der Waals surface area contributed by atoms with Crippen molar-refractivity contribution in [1.82, 2.24) is 0 Å². The lowest BCUT2D eigenvalue weighted by Gasteiger charge is -2.10. The number of rotatable bonds is 1. The van der Waals surface area contributed by atoms with Crippen LogP contribution in [0.2, 0.25) is 0 Å². The summed E-state index contributed by atoms with van der Waals surface area (Å²) in [6.07, 6.45) is 0. The van der Waals surface area contributed by atoms with Crippen molar-refractivity contribution in [2.45, 2.75) is 13.8 Å². The van der Waals surface area contributed by atoms with Crippen LogP contribution in [0.3, 0.4) is 0 Å². The number of aryl methyl sites for hydroxylation is 2. The minimum absolute atomic E-state index is 0.0262. The largest absolute Gasteiger partial charge is 0.507 e. The third-order valence-corrected chi connectivity index (χ3v) is 5.03. The molecule has 2 aliphatic rings. The van der Waals surface area contributed by atoms with Crippen LogP contribution in [0.1, 0.15) is 11.1 Å². The highest BCUT2D eigenvalue weighted by Crippen LogP contribution is 2.36. The molecule has 0 aliphatic heterocycles. The molecule has 6 nitrogen and oxygen atoms in total. The van der Waals surface area contributed by atoms with E-state index < -0.39 is 32.2 Å². The number of phenolic OH excluding ortho intramolecular Hbond substituents is 2. The van der Waals surface area contributed by atoms with Gasteiger partial charge in [0, 0.05) is 21.9 Å². The predicted molar refractivity (Wildman–Crippen MR) is 105 cm³/mol. The molecule has 0 saturated carbocycles. The molecular weight excluding hydrogens is 360 g/mol. The highest BCUT2D eigenvalue weighted by atomic mass is 16.3. The Morgan fingerprint density at radius 3 is 1.82 bits per heavy atom. The zero-order valence-electron chi connectivity index (χ0n) is 15.0. The van der Waals surface area contributed by atoms with E-state index in [0.29, 0.717) is 21.9 Å². The van der Waals surface area contributed by atoms with Crippen LogP contribution in [0.5, 0.6) is 11.5 Å². The molecule has 0 amide bonds. The fourth-order valence-corrected chi connectivity index (χ4v) is 3.59. The minimum atomic E-state index is -0.706. The van der Waals surface area contributed by atoms with Gasteiger partial charge in [0.25, 0.3) is 0 Å². The maximum Gasteiger partial charge on any atom is 0.198 e. The topological polar surface area (TPSA) is 109 Å². The van der Waals surface area contributed by atoms with Gasteiger partial charge in [-0.15, -0.1) is 0 Å². The Hall–Kier alpha value is -3.80. The second kappa shape index (κ2) is 5.85. The van der Waals surface area contributed by atoms with Crippen LogP contribution in [-0.2, 0) is 0 Å². The molecule has 28 heavy (non-hydrogen) atoms. The molecule has 4 rings (SSSR count). The Morgan fingerprint density at radius 2 is 1.18 bits per heavy atom. The fraction of sp³-hybridized carbons (Fsp3) is 0.0909. The van der Waals surface area contributed by atoms with E-state index in [1.165, 1.54) is 25.1 Å². The molecule has 0 heterocycles. The van der Waals surface area contributed by atoms with E-state index in [1.54, 1.807) is 13.0 Å². The van der Waals surface area contributed by atoms with Gasteiger partial charge in [-0.3, -0.25) is 19.2 Å². The summed E-state index contributed by atoms with van der Waals surface area (Å²) in [5, 5.41) is 20.0. The molecular formula is C22H14O6. The highest BCUT2D eigenvalue weighted by Gasteiger charge is 2.17. The molecule has 0 bridgehead atoms. The zero-order chi connectivity index (χ0) is 20.3. The number of fused-ring (bicyclic) bond motifs is 1. The third kappa shape index (κ3) is 2.35. The van der Waals surface area contributed by atoms with Crippen LogP contribution in [0.25, 0.3) is 21.9 Å². The molecule has 0 radical (unpaired) electrons. The Kier molecular flexibility index (Phi) is 3.68. The minimum Gasteiger partial charge on any atom is -0.507 e. The first-order valence-corrected chi connectivity index (χ1v) is 8.48. The first-order chi connectivity index (χ1) is 13.2. The van der Waals surface area contributed by atoms with Gasteiger partial charge in [-0.1, -0.05) is 0 Å². The summed E-state index contributed by atoms with van der Waals surface area (Å²) in [6.45, 7) is 3.10. The van der Waals surface area contributed by atoms with Gasteiger partial charge in [-0.05, 0) is 61.4 Å². The smallest absolute Gasteiger partial charge is 0.198 e. The summed E-state index contributed by atoms with van der Waals surface area (Å²) in [7, 11) is 0. The molecule has 0 atom stereocenters. The molecule has 0 saturated heterocycles. The SMILES string of the molecule is Cc1cc2c(O)ccc(O)c2cc1-c1cc(=O)c2c(=O)cc(C)c(=O)c=2c1=O. The molecule has 0 aromatic heterocycles. The van der Waals surface area contributed by atoms with Crippen LogP contribution in [-0.4, -0.2) is 10.2 Å². The van der Waals surface area contributed by atoms with Crippen molar-refractivity contribution in [3.8, 4) is 22.6 Å². The lowest BCUT2D eigenvalue weighted by atomic mass is 9.94. The summed E-state index contributed by atoms with van der Waals surface area (Å²) in [5.74, 6) is -0.145. The van der Waals surface area contributed by atoms with E-state index >= 15 is 0 Å². The van der Waals surface area contributed by atoms with Crippen molar-refractivity contribution >= 4 is 10.8 Å². The molecule has 2 aromatic carbocycles. The van der Waals surface area contributed by atoms with Crippen molar-refractivity contribution in [1.29, 1.82) is 0 Å². The van der Waals surface area contributed by atoms with Gasteiger partial charge in [0.15, 0.2) is 21.7 Å². The van der Waals surface area contributed by atoms with Crippen molar-refractivity contribution in [2.24, 2.45) is 0 Å². The Labute approximate surface area is 156 Å². The van der Waals surface area contributed by atoms with Crippen molar-refractivity contribution in [2.75, 3.05) is 0 Å². The summed E-state index contributed by atoms with van der Waals surface area (Å²) in [6, 6.07) is 7.85. The third-order valence-electron chi connectivity index (χ3n) is 5.03. The first kappa shape index (κ1) is 17.6. The van der Waals surface area contributed by atoms with E-state index in [1.807, 2.05) is 0 Å². The Bertz CT molecular complexity index is 1570. The Morgan fingerprint density at radius 1 is 0.607 bits per heavy atom. The number of aromatic hydroxyl groups is 2. The number of phenols is 2.